The van der Waals surface area contributed by atoms with Crippen molar-refractivity contribution in [3.8, 4) is 5.75 Å². The van der Waals surface area contributed by atoms with E-state index in [-0.39, 0.29) is 30.7 Å². The molecule has 1 aliphatic heterocycles. The van der Waals surface area contributed by atoms with Gasteiger partial charge >= 0.3 is 12.2 Å². The topological polar surface area (TPSA) is 62.8 Å². The molecule has 0 saturated carbocycles. The molecule has 0 spiro atoms. The Bertz CT molecular complexity index is 862. The Labute approximate surface area is 179 Å². The smallest absolute Gasteiger partial charge is 0.418 e. The number of hydrogen-bond donors (Lipinski definition) is 2. The molecular formula is C22H26F3N3O3. The fourth-order valence-electron chi connectivity index (χ4n) is 3.39. The van der Waals surface area contributed by atoms with E-state index in [2.05, 4.69) is 15.5 Å². The van der Waals surface area contributed by atoms with Gasteiger partial charge in [-0.05, 0) is 30.7 Å². The molecule has 0 radical (unpaired) electrons. The number of nitrogens with one attached hydrogen (secondary N) is 2. The maximum atomic E-state index is 13.4. The molecule has 6 nitrogen and oxygen atoms in total. The van der Waals surface area contributed by atoms with Gasteiger partial charge < -0.3 is 20.1 Å². The van der Waals surface area contributed by atoms with Gasteiger partial charge in [0, 0.05) is 26.2 Å². The summed E-state index contributed by atoms with van der Waals surface area (Å²) in [6.45, 7) is 4.81. The van der Waals surface area contributed by atoms with Crippen LogP contribution in [0.2, 0.25) is 0 Å². The molecule has 1 unspecified atom stereocenters. The first kappa shape index (κ1) is 22.9. The Balaban J connectivity index is 1.54. The first-order chi connectivity index (χ1) is 14.8. The molecule has 2 N–H and O–H groups in total. The van der Waals surface area contributed by atoms with E-state index in [1.165, 1.54) is 17.7 Å². The predicted molar refractivity (Wildman–Crippen MR) is 111 cm³/mol. The minimum Gasteiger partial charge on any atom is -0.494 e. The molecule has 31 heavy (non-hydrogen) atoms. The number of ether oxygens (including phenoxy) is 2. The molecule has 0 aliphatic carbocycles. The SMILES string of the molecule is CCOc1ccc(NC(=O)NCC2CN(Cc3ccccc3)CCO2)c(C(F)(F)F)c1. The van der Waals surface area contributed by atoms with Gasteiger partial charge in [-0.1, -0.05) is 30.3 Å². The van der Waals surface area contributed by atoms with Crippen LogP contribution in [0, 0.1) is 0 Å². The molecule has 3 rings (SSSR count). The van der Waals surface area contributed by atoms with Gasteiger partial charge in [-0.15, -0.1) is 0 Å². The lowest BCUT2D eigenvalue weighted by atomic mass is 10.1. The summed E-state index contributed by atoms with van der Waals surface area (Å²) >= 11 is 0. The molecule has 168 valence electrons. The van der Waals surface area contributed by atoms with E-state index >= 15 is 0 Å². The molecule has 1 atom stereocenters. The highest BCUT2D eigenvalue weighted by atomic mass is 19.4. The van der Waals surface area contributed by atoms with Crippen LogP contribution >= 0.6 is 0 Å². The lowest BCUT2D eigenvalue weighted by Crippen LogP contribution is -2.47. The molecular weight excluding hydrogens is 411 g/mol. The van der Waals surface area contributed by atoms with Gasteiger partial charge in [-0.2, -0.15) is 13.2 Å². The number of hydrogen-bond acceptors (Lipinski definition) is 4. The second-order valence-electron chi connectivity index (χ2n) is 7.19. The Hall–Kier alpha value is -2.78. The standard InChI is InChI=1S/C22H26F3N3O3/c1-2-30-17-8-9-20(19(12-17)22(23,24)25)27-21(29)26-13-18-15-28(10-11-31-18)14-16-6-4-3-5-7-16/h3-9,12,18H,2,10-11,13-15H2,1H3,(H2,26,27,29). The van der Waals surface area contributed by atoms with Crippen LogP contribution in [0.5, 0.6) is 5.75 Å². The van der Waals surface area contributed by atoms with Gasteiger partial charge in [0.2, 0.25) is 0 Å². The summed E-state index contributed by atoms with van der Waals surface area (Å²) in [4.78, 5) is 14.4. The molecule has 9 heteroatoms. The first-order valence-corrected chi connectivity index (χ1v) is 10.1. The summed E-state index contributed by atoms with van der Waals surface area (Å²) in [5, 5.41) is 4.89. The molecule has 0 aromatic heterocycles. The highest BCUT2D eigenvalue weighted by molar-refractivity contribution is 5.90. The first-order valence-electron chi connectivity index (χ1n) is 10.1. The van der Waals surface area contributed by atoms with Crippen molar-refractivity contribution < 1.29 is 27.4 Å². The summed E-state index contributed by atoms with van der Waals surface area (Å²) in [6, 6.07) is 12.7. The number of benzene rings is 2. The van der Waals surface area contributed by atoms with E-state index < -0.39 is 17.8 Å². The van der Waals surface area contributed by atoms with E-state index in [1.54, 1.807) is 6.92 Å². The quantitative estimate of drug-likeness (QED) is 0.684. The maximum Gasteiger partial charge on any atom is 0.418 e. The summed E-state index contributed by atoms with van der Waals surface area (Å²) in [7, 11) is 0. The van der Waals surface area contributed by atoms with E-state index in [9.17, 15) is 18.0 Å². The van der Waals surface area contributed by atoms with Crippen molar-refractivity contribution in [1.29, 1.82) is 0 Å². The fraction of sp³-hybridized carbons (Fsp3) is 0.409. The summed E-state index contributed by atoms with van der Waals surface area (Å²) in [5.74, 6) is 0.0925. The van der Waals surface area contributed by atoms with Crippen molar-refractivity contribution in [2.24, 2.45) is 0 Å². The van der Waals surface area contributed by atoms with E-state index in [4.69, 9.17) is 9.47 Å². The predicted octanol–water partition coefficient (Wildman–Crippen LogP) is 4.13. The number of amides is 2. The number of rotatable bonds is 7. The third-order valence-corrected chi connectivity index (χ3v) is 4.82. The number of urea groups is 1. The van der Waals surface area contributed by atoms with E-state index in [0.29, 0.717) is 13.2 Å². The largest absolute Gasteiger partial charge is 0.494 e. The zero-order valence-electron chi connectivity index (χ0n) is 17.2. The van der Waals surface area contributed by atoms with Gasteiger partial charge in [0.25, 0.3) is 0 Å². The maximum absolute atomic E-state index is 13.4. The Morgan fingerprint density at radius 1 is 1.23 bits per heavy atom. The van der Waals surface area contributed by atoms with Gasteiger partial charge in [0.05, 0.1) is 30.6 Å². The number of nitrogens with zero attached hydrogens (tertiary/aromatic N) is 1. The minimum absolute atomic E-state index is 0.0925. The minimum atomic E-state index is -4.62. The summed E-state index contributed by atoms with van der Waals surface area (Å²) in [5.41, 5.74) is -0.107. The van der Waals surface area contributed by atoms with E-state index in [0.717, 1.165) is 19.2 Å². The Morgan fingerprint density at radius 3 is 2.71 bits per heavy atom. The van der Waals surface area contributed by atoms with Crippen LogP contribution in [0.15, 0.2) is 48.5 Å². The van der Waals surface area contributed by atoms with Crippen LogP contribution in [0.4, 0.5) is 23.7 Å². The summed E-state index contributed by atoms with van der Waals surface area (Å²) in [6.07, 6.45) is -4.87. The van der Waals surface area contributed by atoms with Gasteiger partial charge in [0.15, 0.2) is 0 Å². The van der Waals surface area contributed by atoms with Gasteiger partial charge in [-0.25, -0.2) is 4.79 Å². The van der Waals surface area contributed by atoms with E-state index in [1.807, 2.05) is 30.3 Å². The fourth-order valence-corrected chi connectivity index (χ4v) is 3.39. The zero-order valence-corrected chi connectivity index (χ0v) is 17.2. The second kappa shape index (κ2) is 10.5. The molecule has 1 heterocycles. The van der Waals surface area contributed by atoms with Crippen LogP contribution in [-0.4, -0.2) is 49.9 Å². The lowest BCUT2D eigenvalue weighted by molar-refractivity contribution is -0.137. The molecule has 1 saturated heterocycles. The average molecular weight is 437 g/mol. The van der Waals surface area contributed by atoms with Crippen LogP contribution in [0.25, 0.3) is 0 Å². The zero-order chi connectivity index (χ0) is 22.3. The van der Waals surface area contributed by atoms with Crippen molar-refractivity contribution in [1.82, 2.24) is 10.2 Å². The molecule has 0 bridgehead atoms. The van der Waals surface area contributed by atoms with Crippen molar-refractivity contribution in [2.75, 3.05) is 38.2 Å². The highest BCUT2D eigenvalue weighted by Gasteiger charge is 2.34. The highest BCUT2D eigenvalue weighted by Crippen LogP contribution is 2.37. The Kier molecular flexibility index (Phi) is 7.75. The van der Waals surface area contributed by atoms with Crippen LogP contribution in [0.3, 0.4) is 0 Å². The number of alkyl halides is 3. The molecule has 1 fully saturated rings. The summed E-state index contributed by atoms with van der Waals surface area (Å²) < 4.78 is 50.9. The van der Waals surface area contributed by atoms with Crippen molar-refractivity contribution >= 4 is 11.7 Å². The van der Waals surface area contributed by atoms with Crippen molar-refractivity contribution in [3.63, 3.8) is 0 Å². The number of anilines is 1. The number of halogens is 3. The number of morpholine rings is 1. The Morgan fingerprint density at radius 2 is 2.00 bits per heavy atom. The molecule has 2 amide bonds. The van der Waals surface area contributed by atoms with Crippen LogP contribution in [0.1, 0.15) is 18.1 Å². The third kappa shape index (κ3) is 6.86. The third-order valence-electron chi connectivity index (χ3n) is 4.82. The normalized spacial score (nSPS) is 17.2. The van der Waals surface area contributed by atoms with Gasteiger partial charge in [0.1, 0.15) is 5.75 Å². The van der Waals surface area contributed by atoms with Crippen molar-refractivity contribution in [3.05, 3.63) is 59.7 Å². The average Bonchev–Trinajstić information content (AvgIpc) is 2.74. The van der Waals surface area contributed by atoms with Crippen LogP contribution in [-0.2, 0) is 17.5 Å². The molecule has 1 aliphatic rings. The van der Waals surface area contributed by atoms with Crippen molar-refractivity contribution in [2.45, 2.75) is 25.7 Å². The van der Waals surface area contributed by atoms with Gasteiger partial charge in [-0.3, -0.25) is 4.90 Å². The number of carbonyl (C=O) groups excluding carboxylic acids is 1. The second-order valence-corrected chi connectivity index (χ2v) is 7.19. The van der Waals surface area contributed by atoms with Crippen LogP contribution < -0.4 is 15.4 Å². The monoisotopic (exact) mass is 437 g/mol. The molecule has 2 aromatic rings. The number of carbonyl (C=O) groups is 1. The molecule has 2 aromatic carbocycles. The lowest BCUT2D eigenvalue weighted by Gasteiger charge is -2.33.